The van der Waals surface area contributed by atoms with Crippen LogP contribution >= 0.6 is 0 Å². The second kappa shape index (κ2) is 6.33. The quantitative estimate of drug-likeness (QED) is 0.775. The number of likely N-dealkylation sites (N-methyl/N-ethyl adjacent to an activating group) is 1. The maximum atomic E-state index is 3.55. The first-order valence-electron chi connectivity index (χ1n) is 7.39. The summed E-state index contributed by atoms with van der Waals surface area (Å²) >= 11 is 0. The molecule has 0 aromatic rings. The van der Waals surface area contributed by atoms with Crippen LogP contribution < -0.4 is 5.32 Å². The second-order valence-corrected chi connectivity index (χ2v) is 6.76. The first-order valence-corrected chi connectivity index (χ1v) is 7.39. The van der Waals surface area contributed by atoms with E-state index in [1.54, 1.807) is 0 Å². The lowest BCUT2D eigenvalue weighted by Crippen LogP contribution is -2.47. The predicted molar refractivity (Wildman–Crippen MR) is 77.0 cm³/mol. The Balaban J connectivity index is 1.72. The molecule has 0 unspecified atom stereocenters. The van der Waals surface area contributed by atoms with Gasteiger partial charge in [0.25, 0.3) is 0 Å². The predicted octanol–water partition coefficient (Wildman–Crippen LogP) is 0.165. The van der Waals surface area contributed by atoms with Gasteiger partial charge in [-0.1, -0.05) is 13.8 Å². The molecule has 2 heterocycles. The van der Waals surface area contributed by atoms with Crippen molar-refractivity contribution in [3.63, 3.8) is 0 Å². The highest BCUT2D eigenvalue weighted by molar-refractivity contribution is 4.81. The topological polar surface area (TPSA) is 21.8 Å². The Morgan fingerprint density at radius 3 is 2.33 bits per heavy atom. The maximum Gasteiger partial charge on any atom is 0.0110 e. The van der Waals surface area contributed by atoms with Gasteiger partial charge in [0.15, 0.2) is 0 Å². The van der Waals surface area contributed by atoms with Gasteiger partial charge in [-0.2, -0.15) is 0 Å². The van der Waals surface area contributed by atoms with Crippen LogP contribution in [0.3, 0.4) is 0 Å². The van der Waals surface area contributed by atoms with E-state index < -0.39 is 0 Å². The molecular weight excluding hydrogens is 224 g/mol. The van der Waals surface area contributed by atoms with Crippen LogP contribution in [0.15, 0.2) is 0 Å². The fourth-order valence-corrected chi connectivity index (χ4v) is 2.95. The van der Waals surface area contributed by atoms with Gasteiger partial charge in [0, 0.05) is 65.4 Å². The van der Waals surface area contributed by atoms with Crippen LogP contribution in [0.5, 0.6) is 0 Å². The minimum absolute atomic E-state index is 0.415. The average molecular weight is 254 g/mol. The summed E-state index contributed by atoms with van der Waals surface area (Å²) in [4.78, 5) is 7.68. The number of nitrogens with zero attached hydrogens (tertiary/aromatic N) is 3. The van der Waals surface area contributed by atoms with Crippen LogP contribution in [0.1, 0.15) is 13.8 Å². The Kier molecular flexibility index (Phi) is 5.01. The molecule has 2 fully saturated rings. The van der Waals surface area contributed by atoms with Crippen LogP contribution in [-0.2, 0) is 0 Å². The van der Waals surface area contributed by atoms with E-state index in [-0.39, 0.29) is 0 Å². The Labute approximate surface area is 112 Å². The van der Waals surface area contributed by atoms with Crippen LogP contribution in [0.25, 0.3) is 0 Å². The molecule has 2 aliphatic rings. The summed E-state index contributed by atoms with van der Waals surface area (Å²) in [5, 5.41) is 3.55. The number of hydrogen-bond donors (Lipinski definition) is 1. The third kappa shape index (κ3) is 4.50. The zero-order valence-corrected chi connectivity index (χ0v) is 12.4. The first-order chi connectivity index (χ1) is 8.55. The number of rotatable bonds is 3. The Morgan fingerprint density at radius 2 is 1.61 bits per heavy atom. The summed E-state index contributed by atoms with van der Waals surface area (Å²) in [6, 6.07) is 0. The van der Waals surface area contributed by atoms with Crippen LogP contribution in [0, 0.1) is 5.41 Å². The van der Waals surface area contributed by atoms with Crippen molar-refractivity contribution in [2.45, 2.75) is 13.8 Å². The van der Waals surface area contributed by atoms with Gasteiger partial charge in [0.1, 0.15) is 0 Å². The van der Waals surface area contributed by atoms with Crippen LogP contribution in [-0.4, -0.2) is 87.2 Å². The zero-order valence-electron chi connectivity index (χ0n) is 12.4. The van der Waals surface area contributed by atoms with Gasteiger partial charge in [0.05, 0.1) is 0 Å². The number of piperazine rings is 1. The highest BCUT2D eigenvalue weighted by Crippen LogP contribution is 2.17. The van der Waals surface area contributed by atoms with Gasteiger partial charge in [-0.3, -0.25) is 4.90 Å². The van der Waals surface area contributed by atoms with Crippen molar-refractivity contribution >= 4 is 0 Å². The van der Waals surface area contributed by atoms with Gasteiger partial charge < -0.3 is 15.1 Å². The number of hydrogen-bond acceptors (Lipinski definition) is 4. The molecule has 106 valence electrons. The SMILES string of the molecule is CN1CCN(CCN2CCNCC(C)(C)C2)CC1. The maximum absolute atomic E-state index is 3.55. The first kappa shape index (κ1) is 14.3. The molecule has 1 N–H and O–H groups in total. The zero-order chi connectivity index (χ0) is 13.0. The largest absolute Gasteiger partial charge is 0.315 e. The minimum Gasteiger partial charge on any atom is -0.315 e. The Hall–Kier alpha value is -0.160. The molecule has 2 rings (SSSR count). The lowest BCUT2D eigenvalue weighted by molar-refractivity contribution is 0.126. The van der Waals surface area contributed by atoms with E-state index in [2.05, 4.69) is 40.9 Å². The standard InChI is InChI=1S/C14H30N4/c1-14(2)12-15-4-5-18(13-14)11-10-17-8-6-16(3)7-9-17/h15H,4-13H2,1-3H3. The summed E-state index contributed by atoms with van der Waals surface area (Å²) in [5.41, 5.74) is 0.415. The van der Waals surface area contributed by atoms with Crippen molar-refractivity contribution in [3.05, 3.63) is 0 Å². The van der Waals surface area contributed by atoms with Crippen molar-refractivity contribution in [2.75, 3.05) is 72.5 Å². The van der Waals surface area contributed by atoms with E-state index in [0.29, 0.717) is 5.41 Å². The fourth-order valence-electron chi connectivity index (χ4n) is 2.95. The highest BCUT2D eigenvalue weighted by Gasteiger charge is 2.24. The fraction of sp³-hybridized carbons (Fsp3) is 1.00. The molecule has 4 nitrogen and oxygen atoms in total. The molecule has 0 bridgehead atoms. The molecule has 2 aliphatic heterocycles. The van der Waals surface area contributed by atoms with Crippen molar-refractivity contribution < 1.29 is 0 Å². The van der Waals surface area contributed by atoms with Gasteiger partial charge in [0.2, 0.25) is 0 Å². The molecule has 0 radical (unpaired) electrons. The van der Waals surface area contributed by atoms with Gasteiger partial charge in [-0.05, 0) is 12.5 Å². The summed E-state index contributed by atoms with van der Waals surface area (Å²) in [6.07, 6.45) is 0. The average Bonchev–Trinajstić information content (AvgIpc) is 2.49. The van der Waals surface area contributed by atoms with Crippen molar-refractivity contribution in [3.8, 4) is 0 Å². The molecular formula is C14H30N4. The van der Waals surface area contributed by atoms with Gasteiger partial charge in [-0.15, -0.1) is 0 Å². The summed E-state index contributed by atoms with van der Waals surface area (Å²) in [6.45, 7) is 16.9. The number of nitrogens with one attached hydrogen (secondary N) is 1. The third-order valence-electron chi connectivity index (χ3n) is 4.19. The third-order valence-corrected chi connectivity index (χ3v) is 4.19. The second-order valence-electron chi connectivity index (χ2n) is 6.76. The summed E-state index contributed by atoms with van der Waals surface area (Å²) in [5.74, 6) is 0. The van der Waals surface area contributed by atoms with E-state index in [4.69, 9.17) is 0 Å². The normalized spacial score (nSPS) is 28.2. The van der Waals surface area contributed by atoms with Crippen LogP contribution in [0.2, 0.25) is 0 Å². The van der Waals surface area contributed by atoms with E-state index in [1.165, 1.54) is 52.4 Å². The molecule has 0 aromatic heterocycles. The molecule has 0 aliphatic carbocycles. The molecule has 2 saturated heterocycles. The van der Waals surface area contributed by atoms with E-state index in [0.717, 1.165) is 13.1 Å². The molecule has 18 heavy (non-hydrogen) atoms. The Bertz CT molecular complexity index is 246. The minimum atomic E-state index is 0.415. The van der Waals surface area contributed by atoms with E-state index in [1.807, 2.05) is 0 Å². The van der Waals surface area contributed by atoms with E-state index >= 15 is 0 Å². The van der Waals surface area contributed by atoms with E-state index in [9.17, 15) is 0 Å². The van der Waals surface area contributed by atoms with Crippen molar-refractivity contribution in [2.24, 2.45) is 5.41 Å². The molecule has 0 amide bonds. The molecule has 0 atom stereocenters. The lowest BCUT2D eigenvalue weighted by Gasteiger charge is -2.35. The van der Waals surface area contributed by atoms with Gasteiger partial charge >= 0.3 is 0 Å². The van der Waals surface area contributed by atoms with Crippen LogP contribution in [0.4, 0.5) is 0 Å². The summed E-state index contributed by atoms with van der Waals surface area (Å²) < 4.78 is 0. The Morgan fingerprint density at radius 1 is 0.944 bits per heavy atom. The highest BCUT2D eigenvalue weighted by atomic mass is 15.3. The molecule has 4 heteroatoms. The molecule has 0 spiro atoms. The van der Waals surface area contributed by atoms with Crippen molar-refractivity contribution in [1.29, 1.82) is 0 Å². The van der Waals surface area contributed by atoms with Gasteiger partial charge in [-0.25, -0.2) is 0 Å². The smallest absolute Gasteiger partial charge is 0.0110 e. The molecule has 0 saturated carbocycles. The monoisotopic (exact) mass is 254 g/mol. The summed E-state index contributed by atoms with van der Waals surface area (Å²) in [7, 11) is 2.22. The lowest BCUT2D eigenvalue weighted by atomic mass is 9.93. The molecule has 0 aromatic carbocycles. The van der Waals surface area contributed by atoms with Crippen molar-refractivity contribution in [1.82, 2.24) is 20.0 Å².